The van der Waals surface area contributed by atoms with Crippen molar-refractivity contribution in [3.05, 3.63) is 59.2 Å². The monoisotopic (exact) mass is 327 g/mol. The first-order valence-corrected chi connectivity index (χ1v) is 8.74. The standard InChI is InChI=1S/C21H29NO2/c1-5-23-21-12-18(14-22-13-16(2)3)10-11-20(21)24-15-19-9-7-6-8-17(19)4/h6-12,16,22H,5,13-15H2,1-4H3. The van der Waals surface area contributed by atoms with Crippen molar-refractivity contribution >= 4 is 0 Å². The van der Waals surface area contributed by atoms with Gasteiger partial charge < -0.3 is 14.8 Å². The first-order chi connectivity index (χ1) is 11.6. The van der Waals surface area contributed by atoms with E-state index in [1.54, 1.807) is 0 Å². The highest BCUT2D eigenvalue weighted by molar-refractivity contribution is 5.43. The molecular formula is C21H29NO2. The summed E-state index contributed by atoms with van der Waals surface area (Å²) < 4.78 is 11.8. The SMILES string of the molecule is CCOc1cc(CNCC(C)C)ccc1OCc1ccccc1C. The Balaban J connectivity index is 2.04. The molecule has 3 heteroatoms. The van der Waals surface area contributed by atoms with Gasteiger partial charge in [0.2, 0.25) is 0 Å². The van der Waals surface area contributed by atoms with E-state index in [4.69, 9.17) is 9.47 Å². The summed E-state index contributed by atoms with van der Waals surface area (Å²) in [6, 6.07) is 14.5. The summed E-state index contributed by atoms with van der Waals surface area (Å²) in [5, 5.41) is 3.46. The van der Waals surface area contributed by atoms with Crippen LogP contribution in [0.25, 0.3) is 0 Å². The van der Waals surface area contributed by atoms with E-state index in [2.05, 4.69) is 50.4 Å². The minimum Gasteiger partial charge on any atom is -0.490 e. The predicted molar refractivity (Wildman–Crippen MR) is 99.7 cm³/mol. The largest absolute Gasteiger partial charge is 0.490 e. The highest BCUT2D eigenvalue weighted by Crippen LogP contribution is 2.29. The molecule has 130 valence electrons. The third-order valence-electron chi connectivity index (χ3n) is 3.83. The molecule has 0 heterocycles. The van der Waals surface area contributed by atoms with Crippen LogP contribution in [0.2, 0.25) is 0 Å². The first-order valence-electron chi connectivity index (χ1n) is 8.74. The molecule has 0 bridgehead atoms. The molecule has 0 aliphatic heterocycles. The van der Waals surface area contributed by atoms with Gasteiger partial charge in [-0.05, 0) is 55.1 Å². The van der Waals surface area contributed by atoms with E-state index in [1.807, 2.05) is 25.1 Å². The van der Waals surface area contributed by atoms with Crippen LogP contribution in [0.3, 0.4) is 0 Å². The molecule has 0 fully saturated rings. The molecule has 0 aliphatic carbocycles. The van der Waals surface area contributed by atoms with Crippen LogP contribution in [0.4, 0.5) is 0 Å². The maximum absolute atomic E-state index is 6.01. The second-order valence-electron chi connectivity index (χ2n) is 6.45. The Morgan fingerprint density at radius 3 is 2.50 bits per heavy atom. The molecule has 0 spiro atoms. The minimum atomic E-state index is 0.553. The fourth-order valence-electron chi connectivity index (χ4n) is 2.48. The Labute approximate surface area is 146 Å². The molecule has 24 heavy (non-hydrogen) atoms. The molecule has 0 atom stereocenters. The van der Waals surface area contributed by atoms with Crippen LogP contribution in [-0.2, 0) is 13.2 Å². The number of ether oxygens (including phenoxy) is 2. The average molecular weight is 327 g/mol. The van der Waals surface area contributed by atoms with Crippen LogP contribution >= 0.6 is 0 Å². The lowest BCUT2D eigenvalue weighted by molar-refractivity contribution is 0.268. The highest BCUT2D eigenvalue weighted by atomic mass is 16.5. The van der Waals surface area contributed by atoms with Gasteiger partial charge in [0, 0.05) is 6.54 Å². The molecule has 0 unspecified atom stereocenters. The van der Waals surface area contributed by atoms with Crippen molar-refractivity contribution in [2.75, 3.05) is 13.2 Å². The Hall–Kier alpha value is -2.00. The molecule has 2 aromatic rings. The van der Waals surface area contributed by atoms with Gasteiger partial charge in [-0.25, -0.2) is 0 Å². The van der Waals surface area contributed by atoms with Crippen LogP contribution < -0.4 is 14.8 Å². The first kappa shape index (κ1) is 18.3. The lowest BCUT2D eigenvalue weighted by atomic mass is 10.1. The number of benzene rings is 2. The summed E-state index contributed by atoms with van der Waals surface area (Å²) >= 11 is 0. The fraction of sp³-hybridized carbons (Fsp3) is 0.429. The number of hydrogen-bond acceptors (Lipinski definition) is 3. The summed E-state index contributed by atoms with van der Waals surface area (Å²) in [6.07, 6.45) is 0. The molecule has 0 saturated heterocycles. The smallest absolute Gasteiger partial charge is 0.161 e. The third kappa shape index (κ3) is 5.57. The van der Waals surface area contributed by atoms with Crippen molar-refractivity contribution in [1.29, 1.82) is 0 Å². The number of aryl methyl sites for hydroxylation is 1. The van der Waals surface area contributed by atoms with Crippen LogP contribution in [0, 0.1) is 12.8 Å². The van der Waals surface area contributed by atoms with Gasteiger partial charge in [0.1, 0.15) is 6.61 Å². The van der Waals surface area contributed by atoms with Crippen LogP contribution in [0.5, 0.6) is 11.5 Å². The van der Waals surface area contributed by atoms with Crippen LogP contribution in [-0.4, -0.2) is 13.2 Å². The van der Waals surface area contributed by atoms with E-state index >= 15 is 0 Å². The molecular weight excluding hydrogens is 298 g/mol. The fourth-order valence-corrected chi connectivity index (χ4v) is 2.48. The molecule has 2 rings (SSSR count). The van der Waals surface area contributed by atoms with Crippen molar-refractivity contribution in [3.8, 4) is 11.5 Å². The maximum Gasteiger partial charge on any atom is 0.161 e. The van der Waals surface area contributed by atoms with E-state index in [0.29, 0.717) is 19.1 Å². The second-order valence-corrected chi connectivity index (χ2v) is 6.45. The predicted octanol–water partition coefficient (Wildman–Crippen LogP) is 4.72. The Morgan fingerprint density at radius 2 is 1.79 bits per heavy atom. The molecule has 3 nitrogen and oxygen atoms in total. The van der Waals surface area contributed by atoms with Gasteiger partial charge in [0.25, 0.3) is 0 Å². The highest BCUT2D eigenvalue weighted by Gasteiger charge is 2.08. The summed E-state index contributed by atoms with van der Waals surface area (Å²) in [7, 11) is 0. The Kier molecular flexibility index (Phi) is 7.13. The molecule has 0 aromatic heterocycles. The second kappa shape index (κ2) is 9.33. The molecule has 0 saturated carbocycles. The molecule has 2 aromatic carbocycles. The summed E-state index contributed by atoms with van der Waals surface area (Å²) in [5.74, 6) is 2.26. The maximum atomic E-state index is 6.01. The lowest BCUT2D eigenvalue weighted by Gasteiger charge is -2.15. The van der Waals surface area contributed by atoms with Crippen LogP contribution in [0.1, 0.15) is 37.5 Å². The molecule has 0 aliphatic rings. The van der Waals surface area contributed by atoms with E-state index in [-0.39, 0.29) is 0 Å². The van der Waals surface area contributed by atoms with E-state index in [9.17, 15) is 0 Å². The Bertz CT molecular complexity index is 637. The number of nitrogens with one attached hydrogen (secondary N) is 1. The zero-order valence-corrected chi connectivity index (χ0v) is 15.3. The van der Waals surface area contributed by atoms with Crippen molar-refractivity contribution in [3.63, 3.8) is 0 Å². The molecule has 0 amide bonds. The number of rotatable bonds is 9. The quantitative estimate of drug-likeness (QED) is 0.723. The van der Waals surface area contributed by atoms with E-state index in [0.717, 1.165) is 24.6 Å². The summed E-state index contributed by atoms with van der Waals surface area (Å²) in [5.41, 5.74) is 3.65. The summed E-state index contributed by atoms with van der Waals surface area (Å²) in [6.45, 7) is 11.6. The van der Waals surface area contributed by atoms with Crippen molar-refractivity contribution in [2.45, 2.75) is 40.8 Å². The topological polar surface area (TPSA) is 30.5 Å². The minimum absolute atomic E-state index is 0.553. The van der Waals surface area contributed by atoms with Gasteiger partial charge in [0.15, 0.2) is 11.5 Å². The number of hydrogen-bond donors (Lipinski definition) is 1. The molecule has 1 N–H and O–H groups in total. The van der Waals surface area contributed by atoms with Gasteiger partial charge in [-0.15, -0.1) is 0 Å². The third-order valence-corrected chi connectivity index (χ3v) is 3.83. The van der Waals surface area contributed by atoms with Gasteiger partial charge >= 0.3 is 0 Å². The van der Waals surface area contributed by atoms with Gasteiger partial charge in [-0.1, -0.05) is 44.2 Å². The van der Waals surface area contributed by atoms with Crippen molar-refractivity contribution in [2.24, 2.45) is 5.92 Å². The van der Waals surface area contributed by atoms with Crippen LogP contribution in [0.15, 0.2) is 42.5 Å². The van der Waals surface area contributed by atoms with Gasteiger partial charge in [-0.2, -0.15) is 0 Å². The van der Waals surface area contributed by atoms with E-state index in [1.165, 1.54) is 16.7 Å². The molecule has 0 radical (unpaired) electrons. The average Bonchev–Trinajstić information content (AvgIpc) is 2.55. The zero-order valence-electron chi connectivity index (χ0n) is 15.3. The van der Waals surface area contributed by atoms with Gasteiger partial charge in [-0.3, -0.25) is 0 Å². The van der Waals surface area contributed by atoms with Crippen molar-refractivity contribution < 1.29 is 9.47 Å². The summed E-state index contributed by atoms with van der Waals surface area (Å²) in [4.78, 5) is 0. The van der Waals surface area contributed by atoms with Crippen molar-refractivity contribution in [1.82, 2.24) is 5.32 Å². The zero-order chi connectivity index (χ0) is 17.4. The lowest BCUT2D eigenvalue weighted by Crippen LogP contribution is -2.19. The van der Waals surface area contributed by atoms with E-state index < -0.39 is 0 Å². The van der Waals surface area contributed by atoms with Gasteiger partial charge in [0.05, 0.1) is 6.61 Å². The Morgan fingerprint density at radius 1 is 1.00 bits per heavy atom. The normalized spacial score (nSPS) is 10.9.